The van der Waals surface area contributed by atoms with Gasteiger partial charge in [0, 0.05) is 5.75 Å². The summed E-state index contributed by atoms with van der Waals surface area (Å²) in [6.45, 7) is 1.23. The summed E-state index contributed by atoms with van der Waals surface area (Å²) >= 11 is 3.18. The molecule has 7 heteroatoms. The van der Waals surface area contributed by atoms with Gasteiger partial charge >= 0.3 is 0 Å². The Morgan fingerprint density at radius 3 is 2.85 bits per heavy atom. The lowest BCUT2D eigenvalue weighted by molar-refractivity contribution is 0.344. The first-order valence-corrected chi connectivity index (χ1v) is 10.0. The molecule has 26 heavy (non-hydrogen) atoms. The lowest BCUT2D eigenvalue weighted by Gasteiger charge is -2.06. The standard InChI is InChI=1S/C19H17N3O2S2/c1-2-5-15-12-16(8-7-14(15)4-1)24-10-11-25-19-22-21-18(26-19)20-13-17-6-3-9-23-17/h1-9,12H,10-11,13H2,(H,20,21). The Bertz CT molecular complexity index is 970. The predicted molar refractivity (Wildman–Crippen MR) is 106 cm³/mol. The van der Waals surface area contributed by atoms with Crippen molar-refractivity contribution in [1.29, 1.82) is 0 Å². The number of hydrogen-bond acceptors (Lipinski definition) is 7. The zero-order valence-electron chi connectivity index (χ0n) is 13.9. The van der Waals surface area contributed by atoms with Crippen LogP contribution in [0.2, 0.25) is 0 Å². The summed E-state index contributed by atoms with van der Waals surface area (Å²) in [6.07, 6.45) is 1.66. The molecule has 0 aliphatic rings. The quantitative estimate of drug-likeness (QED) is 0.339. The fraction of sp³-hybridized carbons (Fsp3) is 0.158. The van der Waals surface area contributed by atoms with Gasteiger partial charge in [-0.2, -0.15) is 0 Å². The van der Waals surface area contributed by atoms with Gasteiger partial charge in [-0.3, -0.25) is 0 Å². The van der Waals surface area contributed by atoms with Crippen LogP contribution in [-0.2, 0) is 6.54 Å². The van der Waals surface area contributed by atoms with Crippen LogP contribution in [0.5, 0.6) is 5.75 Å². The molecule has 2 aromatic heterocycles. The number of hydrogen-bond donors (Lipinski definition) is 1. The number of rotatable bonds is 8. The van der Waals surface area contributed by atoms with Gasteiger partial charge in [-0.25, -0.2) is 0 Å². The van der Waals surface area contributed by atoms with Crippen LogP contribution in [0.1, 0.15) is 5.76 Å². The number of aromatic nitrogens is 2. The molecule has 0 aliphatic heterocycles. The highest BCUT2D eigenvalue weighted by Crippen LogP contribution is 2.26. The zero-order chi connectivity index (χ0) is 17.6. The highest BCUT2D eigenvalue weighted by atomic mass is 32.2. The number of benzene rings is 2. The number of ether oxygens (including phenoxy) is 1. The van der Waals surface area contributed by atoms with Gasteiger partial charge in [0.15, 0.2) is 4.34 Å². The minimum absolute atomic E-state index is 0.609. The molecule has 132 valence electrons. The minimum Gasteiger partial charge on any atom is -0.493 e. The van der Waals surface area contributed by atoms with Crippen LogP contribution >= 0.6 is 23.1 Å². The van der Waals surface area contributed by atoms with Gasteiger partial charge in [0.1, 0.15) is 11.5 Å². The summed E-state index contributed by atoms with van der Waals surface area (Å²) in [6, 6.07) is 18.2. The maximum absolute atomic E-state index is 5.85. The summed E-state index contributed by atoms with van der Waals surface area (Å²) in [7, 11) is 0. The lowest BCUT2D eigenvalue weighted by atomic mass is 10.1. The third-order valence-corrected chi connectivity index (χ3v) is 5.68. The summed E-state index contributed by atoms with van der Waals surface area (Å²) < 4.78 is 12.1. The van der Waals surface area contributed by atoms with Gasteiger partial charge in [-0.15, -0.1) is 10.2 Å². The summed E-state index contributed by atoms with van der Waals surface area (Å²) in [5.41, 5.74) is 0. The summed E-state index contributed by atoms with van der Waals surface area (Å²) in [5.74, 6) is 2.58. The van der Waals surface area contributed by atoms with E-state index in [4.69, 9.17) is 9.15 Å². The van der Waals surface area contributed by atoms with E-state index in [2.05, 4.69) is 39.8 Å². The minimum atomic E-state index is 0.609. The molecule has 0 amide bonds. The maximum Gasteiger partial charge on any atom is 0.206 e. The van der Waals surface area contributed by atoms with Crippen molar-refractivity contribution >= 4 is 39.0 Å². The highest BCUT2D eigenvalue weighted by molar-refractivity contribution is 8.01. The second kappa shape index (κ2) is 8.25. The first kappa shape index (κ1) is 16.9. The molecule has 4 aromatic rings. The van der Waals surface area contributed by atoms with Gasteiger partial charge in [-0.1, -0.05) is 53.4 Å². The smallest absolute Gasteiger partial charge is 0.206 e. The van der Waals surface area contributed by atoms with Gasteiger partial charge in [0.25, 0.3) is 0 Å². The van der Waals surface area contributed by atoms with E-state index in [0.29, 0.717) is 13.2 Å². The summed E-state index contributed by atoms with van der Waals surface area (Å²) in [5, 5.41) is 14.7. The molecule has 0 unspecified atom stereocenters. The van der Waals surface area contributed by atoms with E-state index in [1.807, 2.05) is 30.3 Å². The highest BCUT2D eigenvalue weighted by Gasteiger charge is 2.05. The van der Waals surface area contributed by atoms with E-state index in [9.17, 15) is 0 Å². The molecule has 2 heterocycles. The molecule has 0 saturated carbocycles. The zero-order valence-corrected chi connectivity index (χ0v) is 15.6. The molecule has 5 nitrogen and oxygen atoms in total. The molecule has 4 rings (SSSR count). The number of nitrogens with zero attached hydrogens (tertiary/aromatic N) is 2. The van der Waals surface area contributed by atoms with Crippen molar-refractivity contribution in [3.63, 3.8) is 0 Å². The Morgan fingerprint density at radius 1 is 1.04 bits per heavy atom. The third kappa shape index (κ3) is 4.36. The molecule has 2 aromatic carbocycles. The fourth-order valence-electron chi connectivity index (χ4n) is 2.46. The molecule has 1 N–H and O–H groups in total. The number of fused-ring (bicyclic) bond motifs is 1. The molecule has 0 fully saturated rings. The fourth-order valence-corrected chi connectivity index (χ4v) is 4.10. The molecule has 0 radical (unpaired) electrons. The van der Waals surface area contributed by atoms with Crippen LogP contribution in [0, 0.1) is 0 Å². The van der Waals surface area contributed by atoms with E-state index in [-0.39, 0.29) is 0 Å². The molecular formula is C19H17N3O2S2. The van der Waals surface area contributed by atoms with Crippen molar-refractivity contribution in [2.75, 3.05) is 17.7 Å². The van der Waals surface area contributed by atoms with Gasteiger partial charge in [0.05, 0.1) is 19.4 Å². The molecule has 0 bridgehead atoms. The molecule has 0 spiro atoms. The van der Waals surface area contributed by atoms with Crippen LogP contribution in [-0.4, -0.2) is 22.6 Å². The van der Waals surface area contributed by atoms with Crippen molar-refractivity contribution in [1.82, 2.24) is 10.2 Å². The number of thioether (sulfide) groups is 1. The topological polar surface area (TPSA) is 60.2 Å². The van der Waals surface area contributed by atoms with Crippen molar-refractivity contribution < 1.29 is 9.15 Å². The van der Waals surface area contributed by atoms with Gasteiger partial charge in [0.2, 0.25) is 5.13 Å². The van der Waals surface area contributed by atoms with E-state index in [0.717, 1.165) is 26.7 Å². The Labute approximate surface area is 159 Å². The Kier molecular flexibility index (Phi) is 5.37. The Balaban J connectivity index is 1.23. The molecule has 0 atom stereocenters. The second-order valence-corrected chi connectivity index (χ2v) is 7.83. The van der Waals surface area contributed by atoms with E-state index < -0.39 is 0 Å². The average molecular weight is 383 g/mol. The molecular weight excluding hydrogens is 366 g/mol. The SMILES string of the molecule is c1coc(CNc2nnc(SCCOc3ccc4ccccc4c3)s2)c1. The average Bonchev–Trinajstić information content (AvgIpc) is 3.35. The van der Waals surface area contributed by atoms with Crippen LogP contribution in [0.3, 0.4) is 0 Å². The predicted octanol–water partition coefficient (Wildman–Crippen LogP) is 5.07. The second-order valence-electron chi connectivity index (χ2n) is 5.51. The van der Waals surface area contributed by atoms with Gasteiger partial charge in [-0.05, 0) is 35.0 Å². The van der Waals surface area contributed by atoms with E-state index >= 15 is 0 Å². The first-order chi connectivity index (χ1) is 12.9. The molecule has 0 saturated heterocycles. The number of nitrogens with one attached hydrogen (secondary N) is 1. The number of anilines is 1. The van der Waals surface area contributed by atoms with Crippen molar-refractivity contribution in [2.24, 2.45) is 0 Å². The van der Waals surface area contributed by atoms with E-state index in [1.165, 1.54) is 22.1 Å². The molecule has 0 aliphatic carbocycles. The maximum atomic E-state index is 5.85. The Morgan fingerprint density at radius 2 is 1.96 bits per heavy atom. The first-order valence-electron chi connectivity index (χ1n) is 8.21. The van der Waals surface area contributed by atoms with Crippen LogP contribution < -0.4 is 10.1 Å². The van der Waals surface area contributed by atoms with Crippen molar-refractivity contribution in [2.45, 2.75) is 10.9 Å². The normalized spacial score (nSPS) is 10.9. The Hall–Kier alpha value is -2.51. The van der Waals surface area contributed by atoms with Crippen LogP contribution in [0.4, 0.5) is 5.13 Å². The number of furan rings is 1. The van der Waals surface area contributed by atoms with E-state index in [1.54, 1.807) is 18.0 Å². The van der Waals surface area contributed by atoms with Crippen molar-refractivity contribution in [3.05, 3.63) is 66.6 Å². The lowest BCUT2D eigenvalue weighted by Crippen LogP contribution is -1.99. The monoisotopic (exact) mass is 383 g/mol. The largest absolute Gasteiger partial charge is 0.493 e. The van der Waals surface area contributed by atoms with Crippen molar-refractivity contribution in [3.8, 4) is 5.75 Å². The third-order valence-electron chi connectivity index (χ3n) is 3.70. The van der Waals surface area contributed by atoms with Gasteiger partial charge < -0.3 is 14.5 Å². The summed E-state index contributed by atoms with van der Waals surface area (Å²) in [4.78, 5) is 0. The van der Waals surface area contributed by atoms with Crippen LogP contribution in [0.15, 0.2) is 69.6 Å². The van der Waals surface area contributed by atoms with Crippen LogP contribution in [0.25, 0.3) is 10.8 Å².